The van der Waals surface area contributed by atoms with Gasteiger partial charge in [0.1, 0.15) is 17.1 Å². The maximum atomic E-state index is 5.26. The zero-order chi connectivity index (χ0) is 19.2. The molecule has 0 amide bonds. The van der Waals surface area contributed by atoms with Gasteiger partial charge in [0, 0.05) is 11.1 Å². The SMILES string of the molecule is COc1ccc(-c2nnn(Cc3ccccc3)c2C#Cc2ccccc2)cc1. The zero-order valence-electron chi connectivity index (χ0n) is 15.5. The maximum absolute atomic E-state index is 5.26. The van der Waals surface area contributed by atoms with Crippen molar-refractivity contribution in [1.82, 2.24) is 15.0 Å². The van der Waals surface area contributed by atoms with Crippen LogP contribution in [0.2, 0.25) is 0 Å². The van der Waals surface area contributed by atoms with Gasteiger partial charge in [-0.2, -0.15) is 0 Å². The Morgan fingerprint density at radius 3 is 2.18 bits per heavy atom. The molecule has 0 radical (unpaired) electrons. The van der Waals surface area contributed by atoms with Crippen molar-refractivity contribution >= 4 is 0 Å². The van der Waals surface area contributed by atoms with Gasteiger partial charge in [-0.25, -0.2) is 4.68 Å². The van der Waals surface area contributed by atoms with Gasteiger partial charge < -0.3 is 4.74 Å². The largest absolute Gasteiger partial charge is 0.497 e. The van der Waals surface area contributed by atoms with Crippen molar-refractivity contribution < 1.29 is 4.74 Å². The molecule has 0 N–H and O–H groups in total. The Kier molecular flexibility index (Phi) is 5.17. The quantitative estimate of drug-likeness (QED) is 0.503. The summed E-state index contributed by atoms with van der Waals surface area (Å²) in [7, 11) is 1.65. The Hall–Kier alpha value is -3.84. The van der Waals surface area contributed by atoms with Crippen molar-refractivity contribution in [1.29, 1.82) is 0 Å². The first-order chi connectivity index (χ1) is 13.8. The van der Waals surface area contributed by atoms with E-state index >= 15 is 0 Å². The predicted molar refractivity (Wildman–Crippen MR) is 110 cm³/mol. The van der Waals surface area contributed by atoms with Crippen LogP contribution in [0.25, 0.3) is 11.3 Å². The molecular formula is C24H19N3O. The molecule has 4 nitrogen and oxygen atoms in total. The smallest absolute Gasteiger partial charge is 0.140 e. The first-order valence-corrected chi connectivity index (χ1v) is 9.02. The van der Waals surface area contributed by atoms with Crippen LogP contribution in [0.3, 0.4) is 0 Å². The summed E-state index contributed by atoms with van der Waals surface area (Å²) in [4.78, 5) is 0. The fourth-order valence-corrected chi connectivity index (χ4v) is 2.90. The molecule has 1 heterocycles. The van der Waals surface area contributed by atoms with E-state index in [2.05, 4.69) is 34.3 Å². The van der Waals surface area contributed by atoms with Gasteiger partial charge in [0.25, 0.3) is 0 Å². The number of benzene rings is 3. The summed E-state index contributed by atoms with van der Waals surface area (Å²) in [5.41, 5.74) is 4.62. The summed E-state index contributed by atoms with van der Waals surface area (Å²) in [5, 5.41) is 8.80. The summed E-state index contributed by atoms with van der Waals surface area (Å²) < 4.78 is 7.11. The van der Waals surface area contributed by atoms with Crippen LogP contribution in [0, 0.1) is 11.8 Å². The van der Waals surface area contributed by atoms with Gasteiger partial charge in [0.05, 0.1) is 13.7 Å². The molecule has 1 aromatic heterocycles. The monoisotopic (exact) mass is 365 g/mol. The Labute approximate surface area is 164 Å². The van der Waals surface area contributed by atoms with Crippen LogP contribution >= 0.6 is 0 Å². The van der Waals surface area contributed by atoms with Crippen LogP contribution in [0.5, 0.6) is 5.75 Å². The third-order valence-corrected chi connectivity index (χ3v) is 4.37. The summed E-state index contributed by atoms with van der Waals surface area (Å²) >= 11 is 0. The minimum Gasteiger partial charge on any atom is -0.497 e. The van der Waals surface area contributed by atoms with Crippen LogP contribution in [0.4, 0.5) is 0 Å². The van der Waals surface area contributed by atoms with Crippen molar-refractivity contribution in [3.05, 3.63) is 102 Å². The molecule has 4 aromatic rings. The fraction of sp³-hybridized carbons (Fsp3) is 0.0833. The normalized spacial score (nSPS) is 10.2. The van der Waals surface area contributed by atoms with E-state index in [1.54, 1.807) is 7.11 Å². The van der Waals surface area contributed by atoms with E-state index in [0.717, 1.165) is 33.8 Å². The summed E-state index contributed by atoms with van der Waals surface area (Å²) in [6.07, 6.45) is 0. The lowest BCUT2D eigenvalue weighted by Gasteiger charge is -2.04. The Morgan fingerprint density at radius 1 is 0.821 bits per heavy atom. The van der Waals surface area contributed by atoms with Gasteiger partial charge in [0.2, 0.25) is 0 Å². The zero-order valence-corrected chi connectivity index (χ0v) is 15.5. The Morgan fingerprint density at radius 2 is 1.50 bits per heavy atom. The van der Waals surface area contributed by atoms with E-state index in [4.69, 9.17) is 4.74 Å². The molecule has 0 spiro atoms. The topological polar surface area (TPSA) is 39.9 Å². The highest BCUT2D eigenvalue weighted by Gasteiger charge is 2.13. The molecular weight excluding hydrogens is 346 g/mol. The van der Waals surface area contributed by atoms with Gasteiger partial charge in [-0.3, -0.25) is 0 Å². The molecule has 3 aromatic carbocycles. The molecule has 136 valence electrons. The number of rotatable bonds is 4. The lowest BCUT2D eigenvalue weighted by Crippen LogP contribution is -2.04. The average molecular weight is 365 g/mol. The number of aromatic nitrogens is 3. The van der Waals surface area contributed by atoms with Crippen molar-refractivity contribution in [3.63, 3.8) is 0 Å². The van der Waals surface area contributed by atoms with Crippen molar-refractivity contribution in [3.8, 4) is 28.8 Å². The van der Waals surface area contributed by atoms with E-state index in [1.165, 1.54) is 0 Å². The predicted octanol–water partition coefficient (Wildman–Crippen LogP) is 4.40. The lowest BCUT2D eigenvalue weighted by molar-refractivity contribution is 0.415. The number of hydrogen-bond donors (Lipinski definition) is 0. The molecule has 4 rings (SSSR count). The van der Waals surface area contributed by atoms with Crippen LogP contribution < -0.4 is 4.74 Å². The van der Waals surface area contributed by atoms with E-state index in [9.17, 15) is 0 Å². The second-order valence-corrected chi connectivity index (χ2v) is 6.27. The average Bonchev–Trinajstić information content (AvgIpc) is 3.16. The number of methoxy groups -OCH3 is 1. The molecule has 0 unspecified atom stereocenters. The molecule has 28 heavy (non-hydrogen) atoms. The standard InChI is InChI=1S/C24H19N3O/c1-28-22-15-13-21(14-16-22)24-23(17-12-19-8-4-2-5-9-19)27(26-25-24)18-20-10-6-3-7-11-20/h2-11,13-16H,18H2,1H3. The first kappa shape index (κ1) is 17.6. The molecule has 0 aliphatic carbocycles. The van der Waals surface area contributed by atoms with Gasteiger partial charge in [-0.05, 0) is 47.9 Å². The minimum atomic E-state index is 0.614. The number of ether oxygens (including phenoxy) is 1. The van der Waals surface area contributed by atoms with E-state index in [-0.39, 0.29) is 0 Å². The molecule has 0 aliphatic heterocycles. The summed E-state index contributed by atoms with van der Waals surface area (Å²) in [6, 6.07) is 27.9. The molecule has 0 fully saturated rings. The molecule has 0 atom stereocenters. The molecule has 0 saturated heterocycles. The first-order valence-electron chi connectivity index (χ1n) is 9.02. The minimum absolute atomic E-state index is 0.614. The van der Waals surface area contributed by atoms with Crippen LogP contribution in [0.15, 0.2) is 84.9 Å². The second kappa shape index (κ2) is 8.24. The molecule has 4 heteroatoms. The fourth-order valence-electron chi connectivity index (χ4n) is 2.90. The van der Waals surface area contributed by atoms with Gasteiger partial charge in [0.15, 0.2) is 0 Å². The highest BCUT2D eigenvalue weighted by Crippen LogP contribution is 2.24. The van der Waals surface area contributed by atoms with E-state index < -0.39 is 0 Å². The number of hydrogen-bond acceptors (Lipinski definition) is 3. The lowest BCUT2D eigenvalue weighted by atomic mass is 10.1. The van der Waals surface area contributed by atoms with Gasteiger partial charge in [-0.1, -0.05) is 59.7 Å². The molecule has 0 aliphatic rings. The van der Waals surface area contributed by atoms with Crippen molar-refractivity contribution in [2.24, 2.45) is 0 Å². The third-order valence-electron chi connectivity index (χ3n) is 4.37. The molecule has 0 bridgehead atoms. The Bertz CT molecular complexity index is 1110. The van der Waals surface area contributed by atoms with E-state index in [1.807, 2.05) is 77.5 Å². The van der Waals surface area contributed by atoms with Gasteiger partial charge >= 0.3 is 0 Å². The molecule has 0 saturated carbocycles. The number of nitrogens with zero attached hydrogens (tertiary/aromatic N) is 3. The van der Waals surface area contributed by atoms with Gasteiger partial charge in [-0.15, -0.1) is 5.10 Å². The van der Waals surface area contributed by atoms with Crippen molar-refractivity contribution in [2.45, 2.75) is 6.54 Å². The summed E-state index contributed by atoms with van der Waals surface area (Å²) in [6.45, 7) is 0.614. The highest BCUT2D eigenvalue weighted by molar-refractivity contribution is 5.66. The Balaban J connectivity index is 1.76. The maximum Gasteiger partial charge on any atom is 0.140 e. The second-order valence-electron chi connectivity index (χ2n) is 6.27. The third kappa shape index (κ3) is 3.94. The van der Waals surface area contributed by atoms with Crippen LogP contribution in [-0.4, -0.2) is 22.1 Å². The highest BCUT2D eigenvalue weighted by atomic mass is 16.5. The van der Waals surface area contributed by atoms with E-state index in [0.29, 0.717) is 6.54 Å². The summed E-state index contributed by atoms with van der Waals surface area (Å²) in [5.74, 6) is 7.32. The van der Waals surface area contributed by atoms with Crippen LogP contribution in [0.1, 0.15) is 16.8 Å². The van der Waals surface area contributed by atoms with Crippen molar-refractivity contribution in [2.75, 3.05) is 7.11 Å². The van der Waals surface area contributed by atoms with Crippen LogP contribution in [-0.2, 0) is 6.54 Å².